The van der Waals surface area contributed by atoms with E-state index in [-0.39, 0.29) is 17.5 Å². The van der Waals surface area contributed by atoms with E-state index in [9.17, 15) is 26.7 Å². The van der Waals surface area contributed by atoms with Gasteiger partial charge in [0.2, 0.25) is 0 Å². The first kappa shape index (κ1) is 18.9. The van der Waals surface area contributed by atoms with Crippen molar-refractivity contribution in [2.24, 2.45) is 0 Å². The fourth-order valence-electron chi connectivity index (χ4n) is 3.63. The number of hydrogen-bond acceptors (Lipinski definition) is 7. The molecule has 0 spiro atoms. The first-order chi connectivity index (χ1) is 12.6. The van der Waals surface area contributed by atoms with Crippen LogP contribution in [0.25, 0.3) is 10.2 Å². The van der Waals surface area contributed by atoms with Gasteiger partial charge in [-0.15, -0.1) is 0 Å². The van der Waals surface area contributed by atoms with Crippen molar-refractivity contribution in [3.05, 3.63) is 23.8 Å². The first-order valence-corrected chi connectivity index (χ1v) is 11.1. The maximum Gasteiger partial charge on any atom is 0.416 e. The van der Waals surface area contributed by atoms with Crippen LogP contribution in [0.3, 0.4) is 0 Å². The fraction of sp³-hybridized carbons (Fsp3) is 0.562. The topological polar surface area (TPSA) is 73.7 Å². The van der Waals surface area contributed by atoms with Crippen LogP contribution in [0, 0.1) is 0 Å². The highest BCUT2D eigenvalue weighted by Crippen LogP contribution is 2.35. The number of anilines is 1. The highest BCUT2D eigenvalue weighted by atomic mass is 32.2. The molecular formula is C16H18F3N3O3S2. The van der Waals surface area contributed by atoms with Gasteiger partial charge >= 0.3 is 6.18 Å². The lowest BCUT2D eigenvalue weighted by Gasteiger charge is -2.38. The molecule has 2 aliphatic heterocycles. The zero-order valence-electron chi connectivity index (χ0n) is 14.2. The smallest absolute Gasteiger partial charge is 0.390 e. The molecule has 2 aromatic rings. The largest absolute Gasteiger partial charge is 0.416 e. The van der Waals surface area contributed by atoms with Gasteiger partial charge in [-0.25, -0.2) is 13.4 Å². The van der Waals surface area contributed by atoms with Gasteiger partial charge < -0.3 is 10.0 Å². The third-order valence-corrected chi connectivity index (χ3v) is 7.85. The summed E-state index contributed by atoms with van der Waals surface area (Å²) in [6.07, 6.45) is -5.27. The van der Waals surface area contributed by atoms with Crippen molar-refractivity contribution >= 4 is 36.5 Å². The molecule has 27 heavy (non-hydrogen) atoms. The summed E-state index contributed by atoms with van der Waals surface area (Å²) in [5.41, 5.74) is -0.391. The highest BCUT2D eigenvalue weighted by Gasteiger charge is 2.41. The van der Waals surface area contributed by atoms with Crippen LogP contribution in [-0.2, 0) is 16.0 Å². The molecule has 3 heterocycles. The molecule has 2 aliphatic rings. The van der Waals surface area contributed by atoms with Crippen LogP contribution in [0.2, 0.25) is 0 Å². The number of sulfone groups is 1. The predicted octanol–water partition coefficient (Wildman–Crippen LogP) is 1.59. The Morgan fingerprint density at radius 1 is 1.15 bits per heavy atom. The van der Waals surface area contributed by atoms with Gasteiger partial charge in [0.1, 0.15) is 0 Å². The van der Waals surface area contributed by atoms with E-state index in [4.69, 9.17) is 0 Å². The molecule has 0 bridgehead atoms. The van der Waals surface area contributed by atoms with Crippen molar-refractivity contribution < 1.29 is 26.7 Å². The van der Waals surface area contributed by atoms with E-state index in [1.165, 1.54) is 17.4 Å². The molecule has 0 amide bonds. The van der Waals surface area contributed by atoms with Gasteiger partial charge in [-0.05, 0) is 18.2 Å². The molecule has 11 heteroatoms. The van der Waals surface area contributed by atoms with Gasteiger partial charge in [-0.1, -0.05) is 11.3 Å². The Morgan fingerprint density at radius 2 is 1.85 bits per heavy atom. The second-order valence-electron chi connectivity index (χ2n) is 6.91. The number of thiazole rings is 1. The standard InChI is InChI=1S/C16H18F3N3O3S2/c17-16(18,19)10-1-2-14-11(7-10)20-15(26-14)22-5-3-21(4-6-22)12-8-27(24,25)9-13(12)23/h1-2,7,12-13,23H,3-6,8-9H2/t12-,13+/m1/s1. The molecule has 1 aromatic heterocycles. The van der Waals surface area contributed by atoms with E-state index in [0.29, 0.717) is 41.5 Å². The molecule has 148 valence electrons. The van der Waals surface area contributed by atoms with E-state index < -0.39 is 27.7 Å². The minimum Gasteiger partial charge on any atom is -0.390 e. The summed E-state index contributed by atoms with van der Waals surface area (Å²) >= 11 is 1.34. The first-order valence-electron chi connectivity index (χ1n) is 8.48. The van der Waals surface area contributed by atoms with Crippen molar-refractivity contribution in [2.75, 3.05) is 42.6 Å². The molecule has 1 aromatic carbocycles. The number of aliphatic hydroxyl groups excluding tert-OH is 1. The van der Waals surface area contributed by atoms with Crippen LogP contribution in [0.4, 0.5) is 18.3 Å². The summed E-state index contributed by atoms with van der Waals surface area (Å²) in [6.45, 7) is 2.30. The van der Waals surface area contributed by atoms with Crippen LogP contribution < -0.4 is 4.90 Å². The molecule has 6 nitrogen and oxygen atoms in total. The van der Waals surface area contributed by atoms with Gasteiger partial charge in [0.15, 0.2) is 15.0 Å². The quantitative estimate of drug-likeness (QED) is 0.794. The number of nitrogens with zero attached hydrogens (tertiary/aromatic N) is 3. The Bertz CT molecular complexity index is 953. The van der Waals surface area contributed by atoms with Crippen molar-refractivity contribution in [3.63, 3.8) is 0 Å². The molecule has 0 unspecified atom stereocenters. The lowest BCUT2D eigenvalue weighted by atomic mass is 10.1. The van der Waals surface area contributed by atoms with E-state index >= 15 is 0 Å². The van der Waals surface area contributed by atoms with Crippen LogP contribution in [0.1, 0.15) is 5.56 Å². The van der Waals surface area contributed by atoms with Gasteiger partial charge in [0, 0.05) is 26.2 Å². The van der Waals surface area contributed by atoms with Crippen LogP contribution in [0.15, 0.2) is 18.2 Å². The van der Waals surface area contributed by atoms with E-state index in [1.54, 1.807) is 0 Å². The molecule has 0 saturated carbocycles. The second kappa shape index (κ2) is 6.57. The summed E-state index contributed by atoms with van der Waals surface area (Å²) in [4.78, 5) is 8.32. The number of piperazine rings is 1. The SMILES string of the molecule is O=S1(=O)C[C@@H](N2CCN(c3nc4cc(C(F)(F)F)ccc4s3)CC2)[C@@H](O)C1. The predicted molar refractivity (Wildman–Crippen MR) is 96.9 cm³/mol. The Kier molecular flexibility index (Phi) is 4.60. The minimum absolute atomic E-state index is 0.0322. The number of aliphatic hydroxyl groups is 1. The maximum atomic E-state index is 12.9. The average Bonchev–Trinajstić information content (AvgIpc) is 3.13. The molecule has 1 N–H and O–H groups in total. The zero-order valence-corrected chi connectivity index (χ0v) is 15.8. The summed E-state index contributed by atoms with van der Waals surface area (Å²) in [7, 11) is -3.20. The maximum absolute atomic E-state index is 12.9. The van der Waals surface area contributed by atoms with Crippen LogP contribution >= 0.6 is 11.3 Å². The Balaban J connectivity index is 1.47. The molecule has 2 atom stereocenters. The Hall–Kier alpha value is -1.43. The van der Waals surface area contributed by atoms with Crippen molar-refractivity contribution in [3.8, 4) is 0 Å². The number of alkyl halides is 3. The van der Waals surface area contributed by atoms with E-state index in [0.717, 1.165) is 12.1 Å². The molecule has 0 aliphatic carbocycles. The third kappa shape index (κ3) is 3.78. The summed E-state index contributed by atoms with van der Waals surface area (Å²) in [5.74, 6) is -0.229. The van der Waals surface area contributed by atoms with Crippen molar-refractivity contribution in [1.82, 2.24) is 9.88 Å². The van der Waals surface area contributed by atoms with Gasteiger partial charge in [0.05, 0.1) is 39.4 Å². The number of aromatic nitrogens is 1. The lowest BCUT2D eigenvalue weighted by molar-refractivity contribution is -0.137. The Labute approximate surface area is 158 Å². The highest BCUT2D eigenvalue weighted by molar-refractivity contribution is 7.91. The van der Waals surface area contributed by atoms with Gasteiger partial charge in [-0.2, -0.15) is 13.2 Å². The Morgan fingerprint density at radius 3 is 2.44 bits per heavy atom. The van der Waals surface area contributed by atoms with Crippen LogP contribution in [-0.4, -0.2) is 73.2 Å². The van der Waals surface area contributed by atoms with Crippen molar-refractivity contribution in [1.29, 1.82) is 0 Å². The van der Waals surface area contributed by atoms with Gasteiger partial charge in [0.25, 0.3) is 0 Å². The molecule has 2 saturated heterocycles. The fourth-order valence-corrected chi connectivity index (χ4v) is 6.46. The zero-order chi connectivity index (χ0) is 19.4. The molecule has 2 fully saturated rings. The lowest BCUT2D eigenvalue weighted by Crippen LogP contribution is -2.53. The number of hydrogen-bond donors (Lipinski definition) is 1. The number of halogens is 3. The molecular weight excluding hydrogens is 403 g/mol. The summed E-state index contributed by atoms with van der Waals surface area (Å²) in [6, 6.07) is 3.17. The second-order valence-corrected chi connectivity index (χ2v) is 10.1. The number of fused-ring (bicyclic) bond motifs is 1. The van der Waals surface area contributed by atoms with E-state index in [2.05, 4.69) is 4.98 Å². The average molecular weight is 421 g/mol. The minimum atomic E-state index is -4.40. The summed E-state index contributed by atoms with van der Waals surface area (Å²) < 4.78 is 62.6. The summed E-state index contributed by atoms with van der Waals surface area (Å²) in [5, 5.41) is 10.7. The molecule has 4 rings (SSSR count). The number of benzene rings is 1. The monoisotopic (exact) mass is 421 g/mol. The number of rotatable bonds is 2. The normalized spacial score (nSPS) is 26.7. The van der Waals surface area contributed by atoms with Crippen LogP contribution in [0.5, 0.6) is 0 Å². The van der Waals surface area contributed by atoms with E-state index in [1.807, 2.05) is 9.80 Å². The van der Waals surface area contributed by atoms with Crippen molar-refractivity contribution in [2.45, 2.75) is 18.3 Å². The third-order valence-electron chi connectivity index (χ3n) is 5.05. The molecule has 0 radical (unpaired) electrons. The van der Waals surface area contributed by atoms with Gasteiger partial charge in [-0.3, -0.25) is 4.90 Å².